The molecule has 0 spiro atoms. The molecule has 18 heavy (non-hydrogen) atoms. The summed E-state index contributed by atoms with van der Waals surface area (Å²) in [6.45, 7) is 0.300. The van der Waals surface area contributed by atoms with Gasteiger partial charge in [-0.3, -0.25) is 0 Å². The first-order chi connectivity index (χ1) is 8.72. The lowest BCUT2D eigenvalue weighted by Crippen LogP contribution is -2.06. The average Bonchev–Trinajstić information content (AvgIpc) is 2.36. The van der Waals surface area contributed by atoms with Gasteiger partial charge in [-0.25, -0.2) is 8.78 Å². The molecule has 0 fully saturated rings. The molecule has 2 N–H and O–H groups in total. The molecule has 0 heterocycles. The molecule has 0 amide bonds. The van der Waals surface area contributed by atoms with E-state index in [2.05, 4.69) is 0 Å². The Kier molecular flexibility index (Phi) is 3.89. The molecule has 0 radical (unpaired) electrons. The maximum Gasteiger partial charge on any atom is 0.165 e. The van der Waals surface area contributed by atoms with Crippen LogP contribution >= 0.6 is 0 Å². The molecule has 2 aromatic carbocycles. The molecule has 2 aromatic rings. The largest absolute Gasteiger partial charge is 0.454 e. The molecule has 4 heteroatoms. The van der Waals surface area contributed by atoms with Gasteiger partial charge in [-0.1, -0.05) is 18.2 Å². The van der Waals surface area contributed by atoms with E-state index in [1.807, 2.05) is 0 Å². The van der Waals surface area contributed by atoms with E-state index < -0.39 is 11.6 Å². The van der Waals surface area contributed by atoms with E-state index in [0.717, 1.165) is 0 Å². The van der Waals surface area contributed by atoms with E-state index >= 15 is 0 Å². The summed E-state index contributed by atoms with van der Waals surface area (Å²) in [4.78, 5) is 0. The fourth-order valence-corrected chi connectivity index (χ4v) is 1.67. The average molecular weight is 249 g/mol. The molecule has 2 rings (SSSR count). The van der Waals surface area contributed by atoms with Crippen LogP contribution in [-0.4, -0.2) is 6.54 Å². The van der Waals surface area contributed by atoms with Gasteiger partial charge >= 0.3 is 0 Å². The maximum atomic E-state index is 13.6. The van der Waals surface area contributed by atoms with Gasteiger partial charge < -0.3 is 10.5 Å². The van der Waals surface area contributed by atoms with Crippen LogP contribution in [0.5, 0.6) is 11.5 Å². The van der Waals surface area contributed by atoms with Crippen LogP contribution in [0.4, 0.5) is 8.78 Å². The standard InChI is InChI=1S/C14H13F2NO/c15-11-5-3-7-13(10(11)8-9-17)18-14-6-2-1-4-12(14)16/h1-7H,8-9,17H2. The van der Waals surface area contributed by atoms with Gasteiger partial charge in [-0.15, -0.1) is 0 Å². The fraction of sp³-hybridized carbons (Fsp3) is 0.143. The minimum Gasteiger partial charge on any atom is -0.454 e. The van der Waals surface area contributed by atoms with E-state index in [0.29, 0.717) is 24.3 Å². The summed E-state index contributed by atoms with van der Waals surface area (Å²) in [7, 11) is 0. The van der Waals surface area contributed by atoms with Crippen molar-refractivity contribution in [2.45, 2.75) is 6.42 Å². The number of nitrogens with two attached hydrogens (primary N) is 1. The van der Waals surface area contributed by atoms with Crippen molar-refractivity contribution in [3.05, 3.63) is 59.7 Å². The topological polar surface area (TPSA) is 35.2 Å². The van der Waals surface area contributed by atoms with Crippen LogP contribution in [0.1, 0.15) is 5.56 Å². The number of benzene rings is 2. The van der Waals surface area contributed by atoms with Gasteiger partial charge in [-0.05, 0) is 37.2 Å². The minimum absolute atomic E-state index is 0.0707. The molecule has 0 saturated heterocycles. The summed E-state index contributed by atoms with van der Waals surface area (Å²) in [5.74, 6) is -0.512. The molecule has 0 aliphatic rings. The fourth-order valence-electron chi connectivity index (χ4n) is 1.67. The van der Waals surface area contributed by atoms with Gasteiger partial charge in [-0.2, -0.15) is 0 Å². The lowest BCUT2D eigenvalue weighted by molar-refractivity contribution is 0.432. The molecule has 2 nitrogen and oxygen atoms in total. The Balaban J connectivity index is 2.34. The van der Waals surface area contributed by atoms with Crippen LogP contribution in [0.3, 0.4) is 0 Å². The van der Waals surface area contributed by atoms with Crippen molar-refractivity contribution in [1.29, 1.82) is 0 Å². The van der Waals surface area contributed by atoms with Gasteiger partial charge in [0.05, 0.1) is 0 Å². The molecule has 0 saturated carbocycles. The van der Waals surface area contributed by atoms with E-state index in [4.69, 9.17) is 10.5 Å². The highest BCUT2D eigenvalue weighted by Crippen LogP contribution is 2.28. The van der Waals surface area contributed by atoms with Gasteiger partial charge in [0, 0.05) is 5.56 Å². The number of rotatable bonds is 4. The molecule has 0 bridgehead atoms. The van der Waals surface area contributed by atoms with Crippen LogP contribution in [0, 0.1) is 11.6 Å². The van der Waals surface area contributed by atoms with Crippen LogP contribution in [0.25, 0.3) is 0 Å². The second kappa shape index (κ2) is 5.60. The summed E-state index contributed by atoms with van der Waals surface area (Å²) in [6.07, 6.45) is 0.344. The molecule has 0 aliphatic heterocycles. The van der Waals surface area contributed by atoms with E-state index in [1.54, 1.807) is 18.2 Å². The van der Waals surface area contributed by atoms with Crippen molar-refractivity contribution in [3.63, 3.8) is 0 Å². The Morgan fingerprint density at radius 2 is 1.56 bits per heavy atom. The molecule has 94 valence electrons. The molecule has 0 unspecified atom stereocenters. The molecule has 0 aromatic heterocycles. The van der Waals surface area contributed by atoms with Crippen molar-refractivity contribution in [3.8, 4) is 11.5 Å². The number of para-hydroxylation sites is 1. The zero-order chi connectivity index (χ0) is 13.0. The molecule has 0 atom stereocenters. The second-order valence-corrected chi connectivity index (χ2v) is 3.79. The highest BCUT2D eigenvalue weighted by Gasteiger charge is 2.11. The summed E-state index contributed by atoms with van der Waals surface area (Å²) < 4.78 is 32.5. The highest BCUT2D eigenvalue weighted by atomic mass is 19.1. The van der Waals surface area contributed by atoms with Crippen LogP contribution < -0.4 is 10.5 Å². The maximum absolute atomic E-state index is 13.6. The monoisotopic (exact) mass is 249 g/mol. The predicted molar refractivity (Wildman–Crippen MR) is 65.6 cm³/mol. The summed E-state index contributed by atoms with van der Waals surface area (Å²) >= 11 is 0. The predicted octanol–water partition coefficient (Wildman–Crippen LogP) is 3.26. The smallest absolute Gasteiger partial charge is 0.165 e. The Labute approximate surface area is 104 Å². The van der Waals surface area contributed by atoms with Crippen LogP contribution in [-0.2, 0) is 6.42 Å². The van der Waals surface area contributed by atoms with Crippen molar-refractivity contribution in [2.75, 3.05) is 6.54 Å². The Hall–Kier alpha value is -1.94. The molecular formula is C14H13F2NO. The van der Waals surface area contributed by atoms with Crippen LogP contribution in [0.15, 0.2) is 42.5 Å². The third-order valence-corrected chi connectivity index (χ3v) is 2.53. The number of hydrogen-bond acceptors (Lipinski definition) is 2. The number of hydrogen-bond donors (Lipinski definition) is 1. The number of ether oxygens (including phenoxy) is 1. The van der Waals surface area contributed by atoms with E-state index in [-0.39, 0.29) is 5.75 Å². The first-order valence-electron chi connectivity index (χ1n) is 5.62. The third-order valence-electron chi connectivity index (χ3n) is 2.53. The molecular weight excluding hydrogens is 236 g/mol. The number of halogens is 2. The zero-order valence-electron chi connectivity index (χ0n) is 9.70. The van der Waals surface area contributed by atoms with Crippen molar-refractivity contribution < 1.29 is 13.5 Å². The van der Waals surface area contributed by atoms with Crippen molar-refractivity contribution in [1.82, 2.24) is 0 Å². The highest BCUT2D eigenvalue weighted by molar-refractivity contribution is 5.39. The van der Waals surface area contributed by atoms with Gasteiger partial charge in [0.1, 0.15) is 11.6 Å². The summed E-state index contributed by atoms with van der Waals surface area (Å²) in [5.41, 5.74) is 5.79. The zero-order valence-corrected chi connectivity index (χ0v) is 9.70. The lowest BCUT2D eigenvalue weighted by Gasteiger charge is -2.11. The summed E-state index contributed by atoms with van der Waals surface area (Å²) in [5, 5.41) is 0. The van der Waals surface area contributed by atoms with Crippen LogP contribution in [0.2, 0.25) is 0 Å². The van der Waals surface area contributed by atoms with Gasteiger partial charge in [0.25, 0.3) is 0 Å². The summed E-state index contributed by atoms with van der Waals surface area (Å²) in [6, 6.07) is 10.4. The van der Waals surface area contributed by atoms with Crippen molar-refractivity contribution in [2.24, 2.45) is 5.73 Å². The minimum atomic E-state index is -0.486. The van der Waals surface area contributed by atoms with Gasteiger partial charge in [0.15, 0.2) is 11.6 Å². The van der Waals surface area contributed by atoms with E-state index in [9.17, 15) is 8.78 Å². The van der Waals surface area contributed by atoms with E-state index in [1.165, 1.54) is 24.3 Å². The molecule has 0 aliphatic carbocycles. The first-order valence-corrected chi connectivity index (χ1v) is 5.62. The lowest BCUT2D eigenvalue weighted by atomic mass is 10.1. The SMILES string of the molecule is NCCc1c(F)cccc1Oc1ccccc1F. The third kappa shape index (κ3) is 2.65. The quantitative estimate of drug-likeness (QED) is 0.902. The van der Waals surface area contributed by atoms with Gasteiger partial charge in [0.2, 0.25) is 0 Å². The normalized spacial score (nSPS) is 10.4. The first kappa shape index (κ1) is 12.5. The Bertz CT molecular complexity index is 543. The Morgan fingerprint density at radius 3 is 2.28 bits per heavy atom. The Morgan fingerprint density at radius 1 is 0.889 bits per heavy atom. The van der Waals surface area contributed by atoms with Crippen molar-refractivity contribution >= 4 is 0 Å². The second-order valence-electron chi connectivity index (χ2n) is 3.79.